The van der Waals surface area contributed by atoms with Gasteiger partial charge in [-0.05, 0) is 109 Å². The van der Waals surface area contributed by atoms with Gasteiger partial charge in [0, 0.05) is 47.2 Å². The zero-order chi connectivity index (χ0) is 37.8. The van der Waals surface area contributed by atoms with Crippen molar-refractivity contribution < 1.29 is 33.4 Å². The molecule has 4 rings (SSSR count). The predicted octanol–water partition coefficient (Wildman–Crippen LogP) is 9.15. The standard InChI is InChI=1S/C36H55NO6S.C6H12O/c1-24-13-14-27-21-36(24,7)30(22-35(6,19-20-37)33(41)25(27)2)42-32(40)23-44-28-17-15-26(16-18-28)29(38)11-9-8-10-12-31(39)43-34(3,4)5;1-7-6-4-2-3-5-6/h15-18,24-25,27,30H,8-14,19-23,37H2,1-7H3;6H,2-5H2,1H3/t24-,25-,27+,30-,35+,36+;/m1./s1. The Hall–Kier alpha value is -2.23. The molecule has 1 aromatic carbocycles. The van der Waals surface area contributed by atoms with E-state index in [1.807, 2.05) is 39.8 Å². The van der Waals surface area contributed by atoms with Crippen LogP contribution in [0.4, 0.5) is 0 Å². The zero-order valence-corrected chi connectivity index (χ0v) is 33.7. The van der Waals surface area contributed by atoms with Crippen LogP contribution in [0.15, 0.2) is 29.2 Å². The van der Waals surface area contributed by atoms with E-state index < -0.39 is 11.0 Å². The Balaban J connectivity index is 0.000000892. The van der Waals surface area contributed by atoms with Gasteiger partial charge in [-0.3, -0.25) is 19.2 Å². The summed E-state index contributed by atoms with van der Waals surface area (Å²) in [4.78, 5) is 52.2. The molecule has 0 saturated heterocycles. The Morgan fingerprint density at radius 2 is 1.55 bits per heavy atom. The molecule has 0 aliphatic heterocycles. The Morgan fingerprint density at radius 1 is 0.902 bits per heavy atom. The number of methoxy groups -OCH3 is 1. The minimum atomic E-state index is -0.607. The normalized spacial score (nSPS) is 28.2. The number of hydrogen-bond donors (Lipinski definition) is 1. The van der Waals surface area contributed by atoms with Crippen LogP contribution in [-0.2, 0) is 28.6 Å². The van der Waals surface area contributed by atoms with Gasteiger partial charge in [0.1, 0.15) is 17.5 Å². The molecule has 0 unspecified atom stereocenters. The van der Waals surface area contributed by atoms with Crippen LogP contribution < -0.4 is 5.73 Å². The maximum atomic E-state index is 13.6. The topological polar surface area (TPSA) is 122 Å². The lowest BCUT2D eigenvalue weighted by Gasteiger charge is -2.53. The summed E-state index contributed by atoms with van der Waals surface area (Å²) < 4.78 is 16.7. The number of nitrogens with two attached hydrogens (primary N) is 1. The smallest absolute Gasteiger partial charge is 0.316 e. The molecular formula is C42H67NO7S. The molecule has 6 atom stereocenters. The van der Waals surface area contributed by atoms with Crippen LogP contribution in [-0.4, -0.2) is 60.7 Å². The van der Waals surface area contributed by atoms with Crippen molar-refractivity contribution in [2.45, 2.75) is 161 Å². The fourth-order valence-electron chi connectivity index (χ4n) is 8.23. The van der Waals surface area contributed by atoms with Crippen LogP contribution in [0.25, 0.3) is 0 Å². The summed E-state index contributed by atoms with van der Waals surface area (Å²) in [5.74, 6) is 0.690. The molecule has 3 fully saturated rings. The number of thioether (sulfide) groups is 1. The molecule has 51 heavy (non-hydrogen) atoms. The van der Waals surface area contributed by atoms with Gasteiger partial charge in [0.25, 0.3) is 0 Å². The highest BCUT2D eigenvalue weighted by Crippen LogP contribution is 2.54. The van der Waals surface area contributed by atoms with E-state index in [0.717, 1.165) is 37.0 Å². The summed E-state index contributed by atoms with van der Waals surface area (Å²) in [6.45, 7) is 14.6. The number of rotatable bonds is 14. The van der Waals surface area contributed by atoms with E-state index in [4.69, 9.17) is 19.9 Å². The monoisotopic (exact) mass is 729 g/mol. The van der Waals surface area contributed by atoms with Crippen molar-refractivity contribution in [1.29, 1.82) is 0 Å². The molecule has 0 aromatic heterocycles. The number of unbranched alkanes of at least 4 members (excludes halogenated alkanes) is 2. The van der Waals surface area contributed by atoms with Crippen molar-refractivity contribution in [3.8, 4) is 0 Å². The van der Waals surface area contributed by atoms with E-state index in [-0.39, 0.29) is 46.7 Å². The first kappa shape index (κ1) is 43.2. The van der Waals surface area contributed by atoms with E-state index in [0.29, 0.717) is 62.2 Å². The van der Waals surface area contributed by atoms with Crippen LogP contribution in [0.1, 0.15) is 149 Å². The lowest BCUT2D eigenvalue weighted by atomic mass is 9.53. The van der Waals surface area contributed by atoms with Gasteiger partial charge in [-0.25, -0.2) is 0 Å². The molecule has 0 amide bonds. The van der Waals surface area contributed by atoms with Crippen LogP contribution >= 0.6 is 11.8 Å². The van der Waals surface area contributed by atoms with Gasteiger partial charge >= 0.3 is 11.9 Å². The van der Waals surface area contributed by atoms with Gasteiger partial charge in [0.2, 0.25) is 0 Å². The van der Waals surface area contributed by atoms with E-state index in [2.05, 4.69) is 20.8 Å². The number of carbonyl (C=O) groups is 4. The summed E-state index contributed by atoms with van der Waals surface area (Å²) in [7, 11) is 1.80. The van der Waals surface area contributed by atoms with E-state index in [9.17, 15) is 19.2 Å². The second-order valence-corrected chi connectivity index (χ2v) is 18.0. The number of esters is 2. The van der Waals surface area contributed by atoms with E-state index in [1.165, 1.54) is 37.4 Å². The minimum Gasteiger partial charge on any atom is -0.461 e. The number of hydrogen-bond acceptors (Lipinski definition) is 9. The highest BCUT2D eigenvalue weighted by Gasteiger charge is 2.54. The average Bonchev–Trinajstić information content (AvgIpc) is 3.61. The van der Waals surface area contributed by atoms with Crippen LogP contribution in [0.5, 0.6) is 0 Å². The molecule has 3 aliphatic rings. The van der Waals surface area contributed by atoms with Gasteiger partial charge < -0.3 is 19.9 Å². The first-order valence-corrected chi connectivity index (χ1v) is 20.4. The number of fused-ring (bicyclic) bond motifs is 2. The Morgan fingerprint density at radius 3 is 2.14 bits per heavy atom. The van der Waals surface area contributed by atoms with Crippen molar-refractivity contribution in [2.24, 2.45) is 34.3 Å². The summed E-state index contributed by atoms with van der Waals surface area (Å²) in [5.41, 5.74) is 5.34. The maximum absolute atomic E-state index is 13.6. The van der Waals surface area contributed by atoms with Crippen molar-refractivity contribution >= 4 is 35.3 Å². The third-order valence-electron chi connectivity index (χ3n) is 11.7. The summed E-state index contributed by atoms with van der Waals surface area (Å²) in [5, 5.41) is 0. The molecule has 0 radical (unpaired) electrons. The molecule has 2 bridgehead atoms. The lowest BCUT2D eigenvalue weighted by molar-refractivity contribution is -0.171. The molecule has 3 saturated carbocycles. The Labute approximate surface area is 312 Å². The third kappa shape index (κ3) is 13.0. The largest absolute Gasteiger partial charge is 0.461 e. The van der Waals surface area contributed by atoms with Crippen LogP contribution in [0.2, 0.25) is 0 Å². The van der Waals surface area contributed by atoms with Crippen LogP contribution in [0.3, 0.4) is 0 Å². The van der Waals surface area contributed by atoms with E-state index >= 15 is 0 Å². The quantitative estimate of drug-likeness (QED) is 0.0865. The molecular weight excluding hydrogens is 663 g/mol. The highest BCUT2D eigenvalue weighted by molar-refractivity contribution is 8.00. The minimum absolute atomic E-state index is 0.00963. The molecule has 3 aliphatic carbocycles. The number of ketones is 2. The number of ether oxygens (including phenoxy) is 3. The van der Waals surface area contributed by atoms with Crippen molar-refractivity contribution in [2.75, 3.05) is 19.4 Å². The Bertz CT molecular complexity index is 1290. The van der Waals surface area contributed by atoms with Crippen molar-refractivity contribution in [1.82, 2.24) is 0 Å². The maximum Gasteiger partial charge on any atom is 0.316 e. The Kier molecular flexibility index (Phi) is 16.7. The van der Waals surface area contributed by atoms with Crippen LogP contribution in [0, 0.1) is 28.6 Å². The highest BCUT2D eigenvalue weighted by atomic mass is 32.2. The molecule has 0 spiro atoms. The SMILES string of the molecule is COC1CCCC1.C[C@@H]1CC[C@H]2C[C@]1(C)[C@H](OC(=O)CSc1ccc(C(=O)CCCCCC(=O)OC(C)(C)C)cc1)C[C@](C)(CCN)C(=O)[C@@H]2C. The van der Waals surface area contributed by atoms with Gasteiger partial charge in [-0.2, -0.15) is 0 Å². The third-order valence-corrected chi connectivity index (χ3v) is 12.7. The predicted molar refractivity (Wildman–Crippen MR) is 205 cm³/mol. The first-order valence-electron chi connectivity index (χ1n) is 19.5. The van der Waals surface area contributed by atoms with E-state index in [1.54, 1.807) is 19.2 Å². The number of carbonyl (C=O) groups excluding carboxylic acids is 4. The fourth-order valence-corrected chi connectivity index (χ4v) is 8.91. The summed E-state index contributed by atoms with van der Waals surface area (Å²) >= 11 is 1.40. The van der Waals surface area contributed by atoms with Gasteiger partial charge in [0.05, 0.1) is 11.9 Å². The van der Waals surface area contributed by atoms with Crippen molar-refractivity contribution in [3.05, 3.63) is 29.8 Å². The average molecular weight is 730 g/mol. The summed E-state index contributed by atoms with van der Waals surface area (Å²) in [6.07, 6.45) is 12.6. The second-order valence-electron chi connectivity index (χ2n) is 16.9. The zero-order valence-electron chi connectivity index (χ0n) is 32.9. The van der Waals surface area contributed by atoms with Gasteiger partial charge in [-0.15, -0.1) is 11.8 Å². The number of Topliss-reactive ketones (excluding diaryl/α,β-unsaturated/α-hetero) is 2. The lowest BCUT2D eigenvalue weighted by Crippen LogP contribution is -2.53. The fraction of sp³-hybridized carbons (Fsp3) is 0.762. The molecule has 2 N–H and O–H groups in total. The second kappa shape index (κ2) is 19.7. The van der Waals surface area contributed by atoms with Crippen molar-refractivity contribution in [3.63, 3.8) is 0 Å². The van der Waals surface area contributed by atoms with Gasteiger partial charge in [0.15, 0.2) is 5.78 Å². The first-order chi connectivity index (χ1) is 24.0. The molecule has 8 nitrogen and oxygen atoms in total. The van der Waals surface area contributed by atoms with Gasteiger partial charge in [-0.1, -0.05) is 59.1 Å². The molecule has 9 heteroatoms. The molecule has 0 heterocycles. The number of benzene rings is 1. The summed E-state index contributed by atoms with van der Waals surface area (Å²) in [6, 6.07) is 7.36. The molecule has 288 valence electrons. The molecule has 1 aromatic rings.